The number of carbonyl (C=O) groups is 1. The minimum absolute atomic E-state index is 0.0182. The number of aromatic hydroxyl groups is 1. The van der Waals surface area contributed by atoms with Crippen LogP contribution in [0.25, 0.3) is 0 Å². The summed E-state index contributed by atoms with van der Waals surface area (Å²) in [6.45, 7) is 0. The number of phenols is 1. The lowest BCUT2D eigenvalue weighted by Gasteiger charge is -2.63. The van der Waals surface area contributed by atoms with Gasteiger partial charge in [-0.1, -0.05) is 36.4 Å². The number of ether oxygens (including phenoxy) is 3. The SMILES string of the molecule is Nc1ccc(Oc2ccccc2C23CC4CC(CC(c5ccccc5Oc5ccc(C(=O)Oc6cccnc6)cc5)(C4)C2)C3)cc1O. The summed E-state index contributed by atoms with van der Waals surface area (Å²) in [6.07, 6.45) is 9.97. The summed E-state index contributed by atoms with van der Waals surface area (Å²) in [5, 5.41) is 10.2. The van der Waals surface area contributed by atoms with Crippen molar-refractivity contribution in [1.29, 1.82) is 0 Å². The maximum absolute atomic E-state index is 12.7. The summed E-state index contributed by atoms with van der Waals surface area (Å²) < 4.78 is 18.5. The average Bonchev–Trinajstić information content (AvgIpc) is 3.07. The monoisotopic (exact) mass is 624 g/mol. The molecule has 4 aliphatic carbocycles. The molecule has 0 aliphatic heterocycles. The molecule has 5 aromatic rings. The van der Waals surface area contributed by atoms with Crippen molar-refractivity contribution >= 4 is 11.7 Å². The van der Waals surface area contributed by atoms with Gasteiger partial charge in [-0.15, -0.1) is 0 Å². The number of nitrogens with zero attached hydrogens (tertiary/aromatic N) is 1. The van der Waals surface area contributed by atoms with Gasteiger partial charge in [-0.2, -0.15) is 0 Å². The molecule has 0 radical (unpaired) electrons. The highest BCUT2D eigenvalue weighted by atomic mass is 16.5. The van der Waals surface area contributed by atoms with Crippen LogP contribution in [0.15, 0.2) is 116 Å². The Labute approximate surface area is 274 Å². The van der Waals surface area contributed by atoms with E-state index in [9.17, 15) is 9.90 Å². The number of nitrogens with two attached hydrogens (primary N) is 1. The number of rotatable bonds is 8. The summed E-state index contributed by atoms with van der Waals surface area (Å²) >= 11 is 0. The Morgan fingerprint density at radius 1 is 0.723 bits per heavy atom. The number of carbonyl (C=O) groups excluding carboxylic acids is 1. The van der Waals surface area contributed by atoms with Crippen molar-refractivity contribution in [2.45, 2.75) is 49.4 Å². The van der Waals surface area contributed by atoms with Gasteiger partial charge in [-0.05, 0) is 111 Å². The van der Waals surface area contributed by atoms with E-state index < -0.39 is 5.97 Å². The molecule has 9 rings (SSSR count). The van der Waals surface area contributed by atoms with Crippen LogP contribution in [0.4, 0.5) is 5.69 Å². The Hall–Kier alpha value is -5.30. The number of benzene rings is 4. The minimum Gasteiger partial charge on any atom is -0.506 e. The van der Waals surface area contributed by atoms with E-state index in [4.69, 9.17) is 19.9 Å². The number of aromatic nitrogens is 1. The first kappa shape index (κ1) is 29.1. The zero-order chi connectivity index (χ0) is 32.0. The topological polar surface area (TPSA) is 104 Å². The maximum Gasteiger partial charge on any atom is 0.343 e. The molecule has 236 valence electrons. The lowest BCUT2D eigenvalue weighted by atomic mass is 9.41. The van der Waals surface area contributed by atoms with Crippen molar-refractivity contribution in [1.82, 2.24) is 4.98 Å². The zero-order valence-corrected chi connectivity index (χ0v) is 26.0. The average molecular weight is 625 g/mol. The third-order valence-corrected chi connectivity index (χ3v) is 10.4. The van der Waals surface area contributed by atoms with Crippen LogP contribution in [-0.4, -0.2) is 16.1 Å². The summed E-state index contributed by atoms with van der Waals surface area (Å²) in [5.74, 6) is 4.13. The number of esters is 1. The molecule has 4 bridgehead atoms. The standard InChI is InChI=1S/C40H36N2O5/c41-34-16-15-30(19-35(34)43)46-37-10-4-2-8-33(37)40-22-26-18-27(23-40)21-39(20-26,25-40)32-7-1-3-9-36(32)45-29-13-11-28(12-14-29)38(44)47-31-6-5-17-42-24-31/h1-17,19,24,26-27,43H,18,20-23,25,41H2. The number of pyridine rings is 1. The maximum atomic E-state index is 12.7. The number of nitrogen functional groups attached to an aromatic ring is 1. The van der Waals surface area contributed by atoms with Gasteiger partial charge in [0.25, 0.3) is 0 Å². The van der Waals surface area contributed by atoms with Crippen molar-refractivity contribution in [3.05, 3.63) is 132 Å². The number of para-hydroxylation sites is 2. The van der Waals surface area contributed by atoms with Crippen LogP contribution >= 0.6 is 0 Å². The van der Waals surface area contributed by atoms with Gasteiger partial charge < -0.3 is 25.1 Å². The first-order chi connectivity index (χ1) is 22.9. The van der Waals surface area contributed by atoms with Crippen molar-refractivity contribution in [2.24, 2.45) is 11.8 Å². The molecule has 4 aliphatic rings. The summed E-state index contributed by atoms with van der Waals surface area (Å²) in [7, 11) is 0. The van der Waals surface area contributed by atoms with Crippen molar-refractivity contribution in [3.63, 3.8) is 0 Å². The highest BCUT2D eigenvalue weighted by Crippen LogP contribution is 2.68. The Kier molecular flexibility index (Phi) is 7.12. The van der Waals surface area contributed by atoms with E-state index in [-0.39, 0.29) is 16.6 Å². The number of phenolic OH excluding ortho intramolecular Hbond substituents is 1. The fourth-order valence-electron chi connectivity index (χ4n) is 8.95. The molecule has 1 heterocycles. The number of hydrogen-bond donors (Lipinski definition) is 2. The lowest BCUT2D eigenvalue weighted by Crippen LogP contribution is -2.56. The Bertz CT molecular complexity index is 1930. The van der Waals surface area contributed by atoms with Crippen molar-refractivity contribution < 1.29 is 24.1 Å². The molecular formula is C40H36N2O5. The number of hydrogen-bond acceptors (Lipinski definition) is 7. The van der Waals surface area contributed by atoms with E-state index in [1.807, 2.05) is 30.3 Å². The van der Waals surface area contributed by atoms with Crippen molar-refractivity contribution in [3.8, 4) is 34.5 Å². The second kappa shape index (κ2) is 11.5. The van der Waals surface area contributed by atoms with Crippen LogP contribution < -0.4 is 19.9 Å². The fraction of sp³-hybridized carbons (Fsp3) is 0.250. The molecule has 1 aromatic heterocycles. The second-order valence-electron chi connectivity index (χ2n) is 13.5. The van der Waals surface area contributed by atoms with E-state index in [2.05, 4.69) is 35.3 Å². The number of anilines is 1. The van der Waals surface area contributed by atoms with Gasteiger partial charge in [-0.25, -0.2) is 4.79 Å². The Morgan fingerprint density at radius 2 is 1.32 bits per heavy atom. The minimum atomic E-state index is -0.443. The van der Waals surface area contributed by atoms with Gasteiger partial charge in [0.2, 0.25) is 0 Å². The molecule has 0 saturated heterocycles. The molecular weight excluding hydrogens is 588 g/mol. The molecule has 4 fully saturated rings. The molecule has 2 unspecified atom stereocenters. The van der Waals surface area contributed by atoms with Gasteiger partial charge in [0.15, 0.2) is 0 Å². The molecule has 47 heavy (non-hydrogen) atoms. The molecule has 4 aromatic carbocycles. The van der Waals surface area contributed by atoms with Crippen LogP contribution in [0.1, 0.15) is 60.0 Å². The van der Waals surface area contributed by atoms with E-state index in [0.717, 1.165) is 43.6 Å². The van der Waals surface area contributed by atoms with Crippen LogP contribution in [0.5, 0.6) is 34.5 Å². The lowest BCUT2D eigenvalue weighted by molar-refractivity contribution is -0.0294. The predicted molar refractivity (Wildman–Crippen MR) is 179 cm³/mol. The van der Waals surface area contributed by atoms with E-state index in [1.54, 1.807) is 48.7 Å². The van der Waals surface area contributed by atoms with Crippen LogP contribution in [0.3, 0.4) is 0 Å². The Morgan fingerprint density at radius 3 is 1.91 bits per heavy atom. The van der Waals surface area contributed by atoms with Crippen LogP contribution in [0.2, 0.25) is 0 Å². The third-order valence-electron chi connectivity index (χ3n) is 10.4. The zero-order valence-electron chi connectivity index (χ0n) is 26.0. The third kappa shape index (κ3) is 5.46. The van der Waals surface area contributed by atoms with Gasteiger partial charge in [0.1, 0.15) is 34.5 Å². The first-order valence-corrected chi connectivity index (χ1v) is 16.2. The van der Waals surface area contributed by atoms with Crippen LogP contribution in [0, 0.1) is 11.8 Å². The van der Waals surface area contributed by atoms with E-state index in [1.165, 1.54) is 23.7 Å². The van der Waals surface area contributed by atoms with Gasteiger partial charge >= 0.3 is 5.97 Å². The van der Waals surface area contributed by atoms with Crippen LogP contribution in [-0.2, 0) is 10.8 Å². The summed E-state index contributed by atoms with van der Waals surface area (Å²) in [4.78, 5) is 16.7. The molecule has 4 saturated carbocycles. The van der Waals surface area contributed by atoms with Gasteiger partial charge in [0, 0.05) is 34.2 Å². The predicted octanol–water partition coefficient (Wildman–Crippen LogP) is 8.96. The highest BCUT2D eigenvalue weighted by molar-refractivity contribution is 5.91. The van der Waals surface area contributed by atoms with Gasteiger partial charge in [-0.3, -0.25) is 4.98 Å². The largest absolute Gasteiger partial charge is 0.506 e. The smallest absolute Gasteiger partial charge is 0.343 e. The first-order valence-electron chi connectivity index (χ1n) is 16.2. The molecule has 3 N–H and O–H groups in total. The molecule has 7 nitrogen and oxygen atoms in total. The molecule has 2 atom stereocenters. The second-order valence-corrected chi connectivity index (χ2v) is 13.5. The normalized spacial score (nSPS) is 24.1. The molecule has 7 heteroatoms. The van der Waals surface area contributed by atoms with E-state index >= 15 is 0 Å². The summed E-state index contributed by atoms with van der Waals surface area (Å²) in [5.41, 5.74) is 9.05. The molecule has 0 amide bonds. The van der Waals surface area contributed by atoms with E-state index in [0.29, 0.717) is 40.3 Å². The highest BCUT2D eigenvalue weighted by Gasteiger charge is 2.59. The van der Waals surface area contributed by atoms with Crippen molar-refractivity contribution in [2.75, 3.05) is 5.73 Å². The van der Waals surface area contributed by atoms with Gasteiger partial charge in [0.05, 0.1) is 17.4 Å². The Balaban J connectivity index is 1.08. The quantitative estimate of drug-likeness (QED) is 0.101. The summed E-state index contributed by atoms with van der Waals surface area (Å²) in [6, 6.07) is 32.4. The fourth-order valence-corrected chi connectivity index (χ4v) is 8.95. The molecule has 0 spiro atoms.